The molecule has 0 bridgehead atoms. The summed E-state index contributed by atoms with van der Waals surface area (Å²) in [7, 11) is 0. The van der Waals surface area contributed by atoms with E-state index in [2.05, 4.69) is 23.1 Å². The average Bonchev–Trinajstić information content (AvgIpc) is 2.52. The highest BCUT2D eigenvalue weighted by Crippen LogP contribution is 2.48. The molecule has 23 heavy (non-hydrogen) atoms. The predicted molar refractivity (Wildman–Crippen MR) is 89.3 cm³/mol. The molecule has 0 saturated heterocycles. The molecule has 3 nitrogen and oxygen atoms in total. The first-order valence-electron chi connectivity index (χ1n) is 8.19. The number of halogens is 1. The van der Waals surface area contributed by atoms with Crippen molar-refractivity contribution < 1.29 is 9.59 Å². The fourth-order valence-electron chi connectivity index (χ4n) is 4.25. The summed E-state index contributed by atoms with van der Waals surface area (Å²) in [6.45, 7) is 4.89. The number of rotatable bonds is 0. The first-order chi connectivity index (χ1) is 10.9. The summed E-state index contributed by atoms with van der Waals surface area (Å²) in [5.74, 6) is -0.218. The molecule has 0 N–H and O–H groups in total. The van der Waals surface area contributed by atoms with Gasteiger partial charge in [0.15, 0.2) is 11.6 Å². The minimum Gasteiger partial charge on any atom is -0.366 e. The summed E-state index contributed by atoms with van der Waals surface area (Å²) in [5.41, 5.74) is 3.53. The number of benzene rings is 1. The molecule has 0 fully saturated rings. The van der Waals surface area contributed by atoms with Crippen LogP contribution in [0.3, 0.4) is 0 Å². The lowest BCUT2D eigenvalue weighted by molar-refractivity contribution is -0.125. The van der Waals surface area contributed by atoms with E-state index in [1.807, 2.05) is 19.9 Å². The summed E-state index contributed by atoms with van der Waals surface area (Å²) < 4.78 is 0. The number of fused-ring (bicyclic) bond motifs is 4. The molecule has 0 aromatic heterocycles. The van der Waals surface area contributed by atoms with Crippen molar-refractivity contribution in [3.05, 3.63) is 46.7 Å². The maximum atomic E-state index is 12.7. The van der Waals surface area contributed by atoms with E-state index in [0.717, 1.165) is 18.7 Å². The molecule has 0 saturated carbocycles. The van der Waals surface area contributed by atoms with E-state index in [-0.39, 0.29) is 23.0 Å². The van der Waals surface area contributed by atoms with Crippen LogP contribution in [-0.4, -0.2) is 28.4 Å². The van der Waals surface area contributed by atoms with Gasteiger partial charge >= 0.3 is 0 Å². The molecule has 120 valence electrons. The minimum absolute atomic E-state index is 0.0379. The van der Waals surface area contributed by atoms with Crippen LogP contribution in [0.2, 0.25) is 0 Å². The van der Waals surface area contributed by atoms with Crippen molar-refractivity contribution in [3.63, 3.8) is 0 Å². The van der Waals surface area contributed by atoms with Crippen molar-refractivity contribution in [1.29, 1.82) is 0 Å². The second-order valence-electron chi connectivity index (χ2n) is 7.50. The van der Waals surface area contributed by atoms with E-state index < -0.39 is 5.38 Å². The van der Waals surface area contributed by atoms with Crippen LogP contribution in [0, 0.1) is 5.41 Å². The van der Waals surface area contributed by atoms with Crippen LogP contribution in [0.1, 0.15) is 43.9 Å². The van der Waals surface area contributed by atoms with Crippen molar-refractivity contribution in [2.45, 2.75) is 44.5 Å². The van der Waals surface area contributed by atoms with Crippen LogP contribution in [0.4, 0.5) is 0 Å². The lowest BCUT2D eigenvalue weighted by Crippen LogP contribution is -2.49. The van der Waals surface area contributed by atoms with Crippen LogP contribution in [-0.2, 0) is 16.0 Å². The first-order valence-corrected chi connectivity index (χ1v) is 8.63. The lowest BCUT2D eigenvalue weighted by Gasteiger charge is -2.48. The molecule has 0 spiro atoms. The molecule has 3 aliphatic rings. The van der Waals surface area contributed by atoms with Gasteiger partial charge in [-0.1, -0.05) is 38.1 Å². The number of allylic oxidation sites excluding steroid dienone is 2. The number of carbonyl (C=O) groups is 2. The van der Waals surface area contributed by atoms with Gasteiger partial charge in [-0.2, -0.15) is 0 Å². The highest BCUT2D eigenvalue weighted by atomic mass is 35.5. The molecule has 2 aliphatic heterocycles. The molecule has 1 aromatic rings. The lowest BCUT2D eigenvalue weighted by atomic mass is 9.71. The molecule has 0 amide bonds. The van der Waals surface area contributed by atoms with Gasteiger partial charge in [-0.15, -0.1) is 11.6 Å². The maximum absolute atomic E-state index is 12.7. The van der Waals surface area contributed by atoms with Gasteiger partial charge in [-0.3, -0.25) is 9.59 Å². The zero-order valence-electron chi connectivity index (χ0n) is 13.4. The Morgan fingerprint density at radius 1 is 1.22 bits per heavy atom. The number of nitrogens with zero attached hydrogens (tertiary/aromatic N) is 1. The van der Waals surface area contributed by atoms with E-state index in [1.165, 1.54) is 11.1 Å². The molecule has 4 heteroatoms. The van der Waals surface area contributed by atoms with Gasteiger partial charge in [-0.25, -0.2) is 0 Å². The van der Waals surface area contributed by atoms with E-state index >= 15 is 0 Å². The van der Waals surface area contributed by atoms with Crippen LogP contribution >= 0.6 is 11.6 Å². The second kappa shape index (κ2) is 4.94. The summed E-state index contributed by atoms with van der Waals surface area (Å²) in [6.07, 6.45) is 2.02. The molecular weight excluding hydrogens is 310 g/mol. The Hall–Kier alpha value is -1.61. The molecule has 1 aliphatic carbocycles. The highest BCUT2D eigenvalue weighted by Gasteiger charge is 2.49. The van der Waals surface area contributed by atoms with Crippen LogP contribution in [0.5, 0.6) is 0 Å². The predicted octanol–water partition coefficient (Wildman–Crippen LogP) is 3.42. The third kappa shape index (κ3) is 2.09. The van der Waals surface area contributed by atoms with Gasteiger partial charge in [0.25, 0.3) is 0 Å². The monoisotopic (exact) mass is 329 g/mol. The molecule has 2 heterocycles. The number of Topliss-reactive ketones (excluding diaryl/α,β-unsaturated/α-hetero) is 2. The molecule has 4 rings (SSSR count). The molecular formula is C19H20ClNO2. The van der Waals surface area contributed by atoms with Crippen molar-refractivity contribution in [2.24, 2.45) is 5.41 Å². The fraction of sp³-hybridized carbons (Fsp3) is 0.474. The first kappa shape index (κ1) is 14.9. The minimum atomic E-state index is -0.612. The van der Waals surface area contributed by atoms with E-state index in [0.29, 0.717) is 18.4 Å². The maximum Gasteiger partial charge on any atom is 0.186 e. The Kier molecular flexibility index (Phi) is 3.21. The van der Waals surface area contributed by atoms with Gasteiger partial charge < -0.3 is 4.90 Å². The molecule has 0 radical (unpaired) electrons. The van der Waals surface area contributed by atoms with Crippen LogP contribution < -0.4 is 0 Å². The van der Waals surface area contributed by atoms with Crippen molar-refractivity contribution >= 4 is 23.2 Å². The van der Waals surface area contributed by atoms with Crippen molar-refractivity contribution in [2.75, 3.05) is 6.54 Å². The second-order valence-corrected chi connectivity index (χ2v) is 7.94. The topological polar surface area (TPSA) is 37.4 Å². The summed E-state index contributed by atoms with van der Waals surface area (Å²) in [5, 5.41) is -0.612. The number of carbonyl (C=O) groups excluding carboxylic acids is 2. The van der Waals surface area contributed by atoms with Gasteiger partial charge in [0.1, 0.15) is 5.38 Å². The largest absolute Gasteiger partial charge is 0.366 e. The molecule has 0 unspecified atom stereocenters. The molecule has 1 aromatic carbocycles. The Bertz CT molecular complexity index is 749. The number of hydrogen-bond donors (Lipinski definition) is 0. The number of ketones is 2. The Balaban J connectivity index is 1.84. The number of hydrogen-bond acceptors (Lipinski definition) is 3. The number of alkyl halides is 1. The summed E-state index contributed by atoms with van der Waals surface area (Å²) >= 11 is 6.35. The van der Waals surface area contributed by atoms with Gasteiger partial charge in [-0.05, 0) is 29.4 Å². The smallest absolute Gasteiger partial charge is 0.186 e. The quantitative estimate of drug-likeness (QED) is 0.540. The standard InChI is InChI=1S/C19H20ClNO2/c1-19(2)10-14-16(17(23)18(19)20)15(22)9-13-12-6-4-3-5-11(12)7-8-21(13)14/h3-6,13,18H,7-10H2,1-2H3/t13-,18-/m1/s1. The normalized spacial score (nSPS) is 29.1. The Morgan fingerprint density at radius 2 is 1.96 bits per heavy atom. The van der Waals surface area contributed by atoms with Gasteiger partial charge in [0.05, 0.1) is 11.6 Å². The molecule has 2 atom stereocenters. The van der Waals surface area contributed by atoms with Crippen molar-refractivity contribution in [3.8, 4) is 0 Å². The summed E-state index contributed by atoms with van der Waals surface area (Å²) in [6, 6.07) is 8.41. The highest BCUT2D eigenvalue weighted by molar-refractivity contribution is 6.39. The van der Waals surface area contributed by atoms with E-state index in [1.54, 1.807) is 0 Å². The van der Waals surface area contributed by atoms with Gasteiger partial charge in [0, 0.05) is 18.7 Å². The van der Waals surface area contributed by atoms with Gasteiger partial charge in [0.2, 0.25) is 0 Å². The zero-order valence-corrected chi connectivity index (χ0v) is 14.2. The Labute approximate surface area is 141 Å². The van der Waals surface area contributed by atoms with Crippen molar-refractivity contribution in [1.82, 2.24) is 4.90 Å². The van der Waals surface area contributed by atoms with E-state index in [4.69, 9.17) is 11.6 Å². The fourth-order valence-corrected chi connectivity index (χ4v) is 4.44. The SMILES string of the molecule is CC1(C)CC2=C(C(=O)C[C@@H]3c4ccccc4CCN23)C(=O)[C@H]1Cl. The van der Waals surface area contributed by atoms with Crippen LogP contribution in [0.15, 0.2) is 35.5 Å². The third-order valence-electron chi connectivity index (χ3n) is 5.49. The van der Waals surface area contributed by atoms with E-state index in [9.17, 15) is 9.59 Å². The third-order valence-corrected chi connectivity index (χ3v) is 6.28. The average molecular weight is 330 g/mol. The summed E-state index contributed by atoms with van der Waals surface area (Å²) in [4.78, 5) is 27.7. The Morgan fingerprint density at radius 3 is 2.74 bits per heavy atom. The zero-order chi connectivity index (χ0) is 16.4. The van der Waals surface area contributed by atoms with Crippen LogP contribution in [0.25, 0.3) is 0 Å².